The summed E-state index contributed by atoms with van der Waals surface area (Å²) in [7, 11) is 1.63. The number of amidine groups is 1. The molecular weight excluding hydrogens is 234 g/mol. The number of para-hydroxylation sites is 2. The van der Waals surface area contributed by atoms with E-state index in [1.807, 2.05) is 41.8 Å². The molecule has 0 bridgehead atoms. The highest BCUT2D eigenvalue weighted by molar-refractivity contribution is 7.12. The van der Waals surface area contributed by atoms with Crippen LogP contribution in [-0.4, -0.2) is 12.9 Å². The van der Waals surface area contributed by atoms with Crippen molar-refractivity contribution in [1.29, 1.82) is 0 Å². The Labute approximate surface area is 104 Å². The summed E-state index contributed by atoms with van der Waals surface area (Å²) in [6, 6.07) is 11.5. The van der Waals surface area contributed by atoms with E-state index >= 15 is 0 Å². The van der Waals surface area contributed by atoms with Gasteiger partial charge in [0.1, 0.15) is 5.75 Å². The minimum Gasteiger partial charge on any atom is -0.495 e. The van der Waals surface area contributed by atoms with Crippen LogP contribution in [0, 0.1) is 0 Å². The zero-order chi connectivity index (χ0) is 12.1. The van der Waals surface area contributed by atoms with Gasteiger partial charge >= 0.3 is 0 Å². The molecule has 0 amide bonds. The zero-order valence-corrected chi connectivity index (χ0v) is 10.2. The summed E-state index contributed by atoms with van der Waals surface area (Å²) in [6.45, 7) is 0. The molecule has 0 aliphatic carbocycles. The van der Waals surface area contributed by atoms with E-state index in [2.05, 4.69) is 10.4 Å². The number of hydrogen-bond donors (Lipinski definition) is 2. The molecule has 4 nitrogen and oxygen atoms in total. The molecule has 0 atom stereocenters. The molecule has 88 valence electrons. The quantitative estimate of drug-likeness (QED) is 0.379. The van der Waals surface area contributed by atoms with Crippen molar-refractivity contribution < 1.29 is 4.74 Å². The number of nitrogens with zero attached hydrogens (tertiary/aromatic N) is 1. The first-order valence-corrected chi connectivity index (χ1v) is 5.95. The van der Waals surface area contributed by atoms with Crippen LogP contribution in [0.4, 0.5) is 5.69 Å². The third-order valence-corrected chi connectivity index (χ3v) is 3.12. The second-order valence-electron chi connectivity index (χ2n) is 3.28. The molecule has 0 unspecified atom stereocenters. The van der Waals surface area contributed by atoms with Gasteiger partial charge in [0, 0.05) is 0 Å². The predicted molar refractivity (Wildman–Crippen MR) is 71.7 cm³/mol. The second kappa shape index (κ2) is 5.36. The highest BCUT2D eigenvalue weighted by Crippen LogP contribution is 2.24. The molecule has 5 heteroatoms. The van der Waals surface area contributed by atoms with Crippen molar-refractivity contribution >= 4 is 22.9 Å². The van der Waals surface area contributed by atoms with Gasteiger partial charge in [-0.1, -0.05) is 18.2 Å². The van der Waals surface area contributed by atoms with Gasteiger partial charge < -0.3 is 15.9 Å². The number of methoxy groups -OCH3 is 1. The lowest BCUT2D eigenvalue weighted by atomic mass is 10.3. The van der Waals surface area contributed by atoms with Crippen molar-refractivity contribution in [3.63, 3.8) is 0 Å². The van der Waals surface area contributed by atoms with Crippen LogP contribution in [0.1, 0.15) is 4.88 Å². The molecule has 3 N–H and O–H groups in total. The summed E-state index contributed by atoms with van der Waals surface area (Å²) < 4.78 is 5.25. The monoisotopic (exact) mass is 247 g/mol. The average Bonchev–Trinajstić information content (AvgIpc) is 2.90. The Morgan fingerprint density at radius 1 is 1.29 bits per heavy atom. The summed E-state index contributed by atoms with van der Waals surface area (Å²) in [5.41, 5.74) is 0.840. The van der Waals surface area contributed by atoms with Crippen LogP contribution in [0.5, 0.6) is 5.75 Å². The smallest absolute Gasteiger partial charge is 0.167 e. The summed E-state index contributed by atoms with van der Waals surface area (Å²) >= 11 is 1.57. The van der Waals surface area contributed by atoms with Crippen molar-refractivity contribution in [2.75, 3.05) is 12.4 Å². The first-order chi connectivity index (χ1) is 8.35. The third kappa shape index (κ3) is 2.57. The third-order valence-electron chi connectivity index (χ3n) is 2.24. The maximum atomic E-state index is 5.39. The number of hydrazone groups is 1. The molecule has 0 saturated carbocycles. The van der Waals surface area contributed by atoms with Crippen molar-refractivity contribution in [2.24, 2.45) is 10.9 Å². The molecule has 17 heavy (non-hydrogen) atoms. The number of ether oxygens (including phenoxy) is 1. The SMILES string of the molecule is COc1ccccc1N/C(=N/N)c1cccs1. The fourth-order valence-corrected chi connectivity index (χ4v) is 2.12. The van der Waals surface area contributed by atoms with Crippen LogP contribution >= 0.6 is 11.3 Å². The number of hydrogen-bond acceptors (Lipinski definition) is 4. The lowest BCUT2D eigenvalue weighted by molar-refractivity contribution is 0.417. The van der Waals surface area contributed by atoms with Crippen LogP contribution in [0.3, 0.4) is 0 Å². The lowest BCUT2D eigenvalue weighted by Crippen LogP contribution is -2.14. The summed E-state index contributed by atoms with van der Waals surface area (Å²) in [5, 5.41) is 8.90. The van der Waals surface area contributed by atoms with Gasteiger partial charge in [0.05, 0.1) is 17.7 Å². The van der Waals surface area contributed by atoms with E-state index in [4.69, 9.17) is 10.6 Å². The number of benzene rings is 1. The van der Waals surface area contributed by atoms with E-state index in [-0.39, 0.29) is 0 Å². The van der Waals surface area contributed by atoms with Gasteiger partial charge in [0.2, 0.25) is 0 Å². The highest BCUT2D eigenvalue weighted by atomic mass is 32.1. The van der Waals surface area contributed by atoms with Gasteiger partial charge in [-0.2, -0.15) is 5.10 Å². The minimum absolute atomic E-state index is 0.629. The standard InChI is InChI=1S/C12H13N3OS/c1-16-10-6-3-2-5-9(10)14-12(15-13)11-7-4-8-17-11/h2-8H,13H2,1H3,(H,14,15). The number of rotatable bonds is 3. The predicted octanol–water partition coefficient (Wildman–Crippen LogP) is 2.49. The van der Waals surface area contributed by atoms with E-state index in [0.29, 0.717) is 5.84 Å². The van der Waals surface area contributed by atoms with E-state index < -0.39 is 0 Å². The normalized spacial score (nSPS) is 11.2. The largest absolute Gasteiger partial charge is 0.495 e. The molecule has 1 heterocycles. The van der Waals surface area contributed by atoms with E-state index in [1.54, 1.807) is 18.4 Å². The molecule has 1 aromatic heterocycles. The number of anilines is 1. The van der Waals surface area contributed by atoms with Gasteiger partial charge in [-0.25, -0.2) is 0 Å². The Bertz CT molecular complexity index is 508. The molecule has 1 aromatic carbocycles. The first kappa shape index (κ1) is 11.5. The van der Waals surface area contributed by atoms with Crippen molar-refractivity contribution in [1.82, 2.24) is 0 Å². The van der Waals surface area contributed by atoms with Crippen LogP contribution in [0.15, 0.2) is 46.9 Å². The van der Waals surface area contributed by atoms with Crippen molar-refractivity contribution in [3.8, 4) is 5.75 Å². The molecular formula is C12H13N3OS. The number of nitrogens with two attached hydrogens (primary N) is 1. The van der Waals surface area contributed by atoms with Gasteiger partial charge in [-0.3, -0.25) is 0 Å². The second-order valence-corrected chi connectivity index (χ2v) is 4.23. The molecule has 0 spiro atoms. The molecule has 0 aliphatic heterocycles. The van der Waals surface area contributed by atoms with Crippen LogP contribution in [0.25, 0.3) is 0 Å². The van der Waals surface area contributed by atoms with E-state index in [9.17, 15) is 0 Å². The van der Waals surface area contributed by atoms with Crippen LogP contribution in [-0.2, 0) is 0 Å². The summed E-state index contributed by atoms with van der Waals surface area (Å²) in [5.74, 6) is 6.78. The van der Waals surface area contributed by atoms with E-state index in [1.165, 1.54) is 0 Å². The maximum absolute atomic E-state index is 5.39. The Hall–Kier alpha value is -2.01. The maximum Gasteiger partial charge on any atom is 0.167 e. The topological polar surface area (TPSA) is 59.6 Å². The molecule has 0 radical (unpaired) electrons. The average molecular weight is 247 g/mol. The van der Waals surface area contributed by atoms with Gasteiger partial charge in [0.25, 0.3) is 0 Å². The fourth-order valence-electron chi connectivity index (χ4n) is 1.45. The summed E-state index contributed by atoms with van der Waals surface area (Å²) in [4.78, 5) is 0.985. The van der Waals surface area contributed by atoms with Crippen molar-refractivity contribution in [2.45, 2.75) is 0 Å². The Kier molecular flexibility index (Phi) is 3.62. The molecule has 0 aliphatic rings. The Morgan fingerprint density at radius 2 is 2.12 bits per heavy atom. The fraction of sp³-hybridized carbons (Fsp3) is 0.0833. The van der Waals surface area contributed by atoms with Crippen LogP contribution < -0.4 is 15.9 Å². The van der Waals surface area contributed by atoms with Gasteiger partial charge in [-0.05, 0) is 23.6 Å². The molecule has 2 aromatic rings. The van der Waals surface area contributed by atoms with Crippen molar-refractivity contribution in [3.05, 3.63) is 46.7 Å². The van der Waals surface area contributed by atoms with Gasteiger partial charge in [0.15, 0.2) is 5.84 Å². The van der Waals surface area contributed by atoms with E-state index in [0.717, 1.165) is 16.3 Å². The minimum atomic E-state index is 0.629. The Balaban J connectivity index is 2.25. The molecule has 0 fully saturated rings. The highest BCUT2D eigenvalue weighted by Gasteiger charge is 2.07. The molecule has 0 saturated heterocycles. The first-order valence-electron chi connectivity index (χ1n) is 5.07. The summed E-state index contributed by atoms with van der Waals surface area (Å²) in [6.07, 6.45) is 0. The Morgan fingerprint density at radius 3 is 2.76 bits per heavy atom. The molecule has 2 rings (SSSR count). The van der Waals surface area contributed by atoms with Gasteiger partial charge in [-0.15, -0.1) is 11.3 Å². The lowest BCUT2D eigenvalue weighted by Gasteiger charge is -2.11. The number of thiophene rings is 1. The zero-order valence-electron chi connectivity index (χ0n) is 9.38. The number of nitrogens with one attached hydrogen (secondary N) is 1. The van der Waals surface area contributed by atoms with Crippen LogP contribution in [0.2, 0.25) is 0 Å².